The Kier molecular flexibility index (Phi) is 8.42. The highest BCUT2D eigenvalue weighted by Crippen LogP contribution is 2.49. The van der Waals surface area contributed by atoms with Crippen molar-refractivity contribution in [1.82, 2.24) is 0 Å². The molecule has 0 fully saturated rings. The SMILES string of the molecule is c1ccc(-c2ccc(-c3ccc(N(c4ccc(-c5ccccc5)cc4)c4cccc5c4sc4c6ccccc6c(-c6cccc7ccccc67)cc54)cc3)cc2)cc1. The number of hydrogen-bond acceptors (Lipinski definition) is 2. The largest absolute Gasteiger partial charge is 0.309 e. The minimum absolute atomic E-state index is 1.11. The lowest BCUT2D eigenvalue weighted by Crippen LogP contribution is -2.10. The summed E-state index contributed by atoms with van der Waals surface area (Å²) in [5, 5.41) is 7.65. The van der Waals surface area contributed by atoms with Crippen LogP contribution in [-0.4, -0.2) is 0 Å². The van der Waals surface area contributed by atoms with Gasteiger partial charge in [-0.05, 0) is 97.1 Å². The van der Waals surface area contributed by atoms with Crippen LogP contribution in [0.15, 0.2) is 224 Å². The highest BCUT2D eigenvalue weighted by Gasteiger charge is 2.21. The molecule has 0 saturated carbocycles. The smallest absolute Gasteiger partial charge is 0.0640 e. The van der Waals surface area contributed by atoms with Crippen LogP contribution >= 0.6 is 11.3 Å². The number of anilines is 3. The molecule has 0 spiro atoms. The summed E-state index contributed by atoms with van der Waals surface area (Å²) < 4.78 is 2.58. The Balaban J connectivity index is 1.07. The molecule has 2 heteroatoms. The van der Waals surface area contributed by atoms with Crippen molar-refractivity contribution in [3.05, 3.63) is 224 Å². The van der Waals surface area contributed by atoms with Crippen LogP contribution in [0.1, 0.15) is 0 Å². The van der Waals surface area contributed by atoms with Gasteiger partial charge >= 0.3 is 0 Å². The lowest BCUT2D eigenvalue weighted by Gasteiger charge is -2.26. The van der Waals surface area contributed by atoms with Gasteiger partial charge < -0.3 is 4.90 Å². The molecule has 0 aliphatic heterocycles. The van der Waals surface area contributed by atoms with E-state index in [9.17, 15) is 0 Å². The van der Waals surface area contributed by atoms with Crippen molar-refractivity contribution in [3.8, 4) is 44.5 Å². The normalized spacial score (nSPS) is 11.4. The maximum atomic E-state index is 2.44. The van der Waals surface area contributed by atoms with Gasteiger partial charge in [-0.15, -0.1) is 11.3 Å². The van der Waals surface area contributed by atoms with Crippen LogP contribution in [0.5, 0.6) is 0 Å². The Hall–Kier alpha value is -7.26. The van der Waals surface area contributed by atoms with Crippen LogP contribution in [-0.2, 0) is 0 Å². The average Bonchev–Trinajstić information content (AvgIpc) is 3.69. The van der Waals surface area contributed by atoms with E-state index >= 15 is 0 Å². The summed E-state index contributed by atoms with van der Waals surface area (Å²) in [6.07, 6.45) is 0. The van der Waals surface area contributed by atoms with E-state index in [2.05, 4.69) is 229 Å². The molecule has 11 aromatic rings. The zero-order valence-electron chi connectivity index (χ0n) is 31.7. The van der Waals surface area contributed by atoms with E-state index in [-0.39, 0.29) is 0 Å². The highest BCUT2D eigenvalue weighted by molar-refractivity contribution is 7.27. The number of fused-ring (bicyclic) bond motifs is 6. The molecule has 0 aliphatic carbocycles. The molecule has 0 bridgehead atoms. The zero-order valence-corrected chi connectivity index (χ0v) is 32.5. The van der Waals surface area contributed by atoms with Crippen LogP contribution in [0.4, 0.5) is 17.1 Å². The second kappa shape index (κ2) is 14.4. The van der Waals surface area contributed by atoms with Crippen molar-refractivity contribution < 1.29 is 0 Å². The minimum Gasteiger partial charge on any atom is -0.309 e. The first-order chi connectivity index (χ1) is 28.8. The Morgan fingerprint density at radius 3 is 1.31 bits per heavy atom. The Morgan fingerprint density at radius 2 is 0.707 bits per heavy atom. The Bertz CT molecular complexity index is 3230. The quantitative estimate of drug-likeness (QED) is 0.157. The predicted molar refractivity (Wildman–Crippen MR) is 251 cm³/mol. The standard InChI is InChI=1S/C56H37NS/c1-3-13-38(14-4-1)40-25-27-41(28-26-40)43-31-35-46(36-32-43)57(45-33-29-42(30-34-45)39-15-5-2-6-16-39)54-24-12-23-51-53-37-52(48-22-11-18-44-17-7-8-19-47(44)48)49-20-9-10-21-50(49)55(53)58-56(51)54/h1-37H. The second-order valence-corrected chi connectivity index (χ2v) is 15.9. The van der Waals surface area contributed by atoms with Crippen LogP contribution in [0.3, 0.4) is 0 Å². The summed E-state index contributed by atoms with van der Waals surface area (Å²) in [6.45, 7) is 0. The van der Waals surface area contributed by atoms with Gasteiger partial charge in [0.05, 0.1) is 10.4 Å². The van der Waals surface area contributed by atoms with E-state index in [1.54, 1.807) is 0 Å². The molecule has 0 aliphatic rings. The number of thiophene rings is 1. The summed E-state index contributed by atoms with van der Waals surface area (Å²) >= 11 is 1.90. The predicted octanol–water partition coefficient (Wildman–Crippen LogP) is 16.5. The molecule has 0 radical (unpaired) electrons. The first-order valence-electron chi connectivity index (χ1n) is 19.8. The fourth-order valence-corrected chi connectivity index (χ4v) is 9.94. The van der Waals surface area contributed by atoms with E-state index in [4.69, 9.17) is 0 Å². The number of benzene rings is 10. The van der Waals surface area contributed by atoms with E-state index in [0.717, 1.165) is 11.4 Å². The molecule has 10 aromatic carbocycles. The third-order valence-electron chi connectivity index (χ3n) is 11.5. The summed E-state index contributed by atoms with van der Waals surface area (Å²) in [6, 6.07) is 81.7. The van der Waals surface area contributed by atoms with Crippen molar-refractivity contribution in [3.63, 3.8) is 0 Å². The van der Waals surface area contributed by atoms with Gasteiger partial charge in [0.15, 0.2) is 0 Å². The number of nitrogens with zero attached hydrogens (tertiary/aromatic N) is 1. The zero-order chi connectivity index (χ0) is 38.4. The minimum atomic E-state index is 1.11. The fourth-order valence-electron chi connectivity index (χ4n) is 8.61. The molecular formula is C56H37NS. The lowest BCUT2D eigenvalue weighted by molar-refractivity contribution is 1.30. The maximum Gasteiger partial charge on any atom is 0.0640 e. The lowest BCUT2D eigenvalue weighted by atomic mass is 9.92. The monoisotopic (exact) mass is 755 g/mol. The third kappa shape index (κ3) is 5.94. The number of rotatable bonds is 7. The molecule has 0 N–H and O–H groups in total. The van der Waals surface area contributed by atoms with Crippen LogP contribution in [0.25, 0.3) is 86.2 Å². The Morgan fingerprint density at radius 1 is 0.276 bits per heavy atom. The van der Waals surface area contributed by atoms with Crippen LogP contribution < -0.4 is 4.90 Å². The fraction of sp³-hybridized carbons (Fsp3) is 0. The van der Waals surface area contributed by atoms with Gasteiger partial charge in [-0.2, -0.15) is 0 Å². The van der Waals surface area contributed by atoms with Crippen LogP contribution in [0.2, 0.25) is 0 Å². The van der Waals surface area contributed by atoms with Gasteiger partial charge in [-0.1, -0.05) is 188 Å². The van der Waals surface area contributed by atoms with Crippen molar-refractivity contribution in [1.29, 1.82) is 0 Å². The summed E-state index contributed by atoms with van der Waals surface area (Å²) in [7, 11) is 0. The van der Waals surface area contributed by atoms with E-state index in [1.165, 1.54) is 91.9 Å². The maximum absolute atomic E-state index is 2.44. The second-order valence-electron chi connectivity index (χ2n) is 14.9. The Labute approximate surface area is 342 Å². The van der Waals surface area contributed by atoms with Crippen molar-refractivity contribution in [2.24, 2.45) is 0 Å². The van der Waals surface area contributed by atoms with Gasteiger partial charge in [0.25, 0.3) is 0 Å². The molecular weight excluding hydrogens is 719 g/mol. The van der Waals surface area contributed by atoms with Crippen molar-refractivity contribution >= 4 is 70.1 Å². The average molecular weight is 756 g/mol. The summed E-state index contributed by atoms with van der Waals surface area (Å²) in [5.41, 5.74) is 13.2. The molecule has 1 heterocycles. The molecule has 58 heavy (non-hydrogen) atoms. The third-order valence-corrected chi connectivity index (χ3v) is 12.8. The molecule has 1 nitrogen and oxygen atoms in total. The van der Waals surface area contributed by atoms with Crippen LogP contribution in [0, 0.1) is 0 Å². The van der Waals surface area contributed by atoms with Crippen molar-refractivity contribution in [2.45, 2.75) is 0 Å². The van der Waals surface area contributed by atoms with Gasteiger partial charge in [0, 0.05) is 32.2 Å². The van der Waals surface area contributed by atoms with E-state index < -0.39 is 0 Å². The molecule has 272 valence electrons. The number of hydrogen-bond donors (Lipinski definition) is 0. The highest BCUT2D eigenvalue weighted by atomic mass is 32.1. The molecule has 0 unspecified atom stereocenters. The van der Waals surface area contributed by atoms with Gasteiger partial charge in [-0.25, -0.2) is 0 Å². The van der Waals surface area contributed by atoms with E-state index in [1.807, 2.05) is 11.3 Å². The topological polar surface area (TPSA) is 3.24 Å². The molecule has 1 aromatic heterocycles. The molecule has 0 amide bonds. The van der Waals surface area contributed by atoms with Gasteiger partial charge in [0.2, 0.25) is 0 Å². The summed E-state index contributed by atoms with van der Waals surface area (Å²) in [5.74, 6) is 0. The molecule has 11 rings (SSSR count). The summed E-state index contributed by atoms with van der Waals surface area (Å²) in [4.78, 5) is 2.43. The molecule has 0 saturated heterocycles. The first kappa shape index (κ1) is 34.0. The van der Waals surface area contributed by atoms with Crippen molar-refractivity contribution in [2.75, 3.05) is 4.90 Å². The van der Waals surface area contributed by atoms with E-state index in [0.29, 0.717) is 0 Å². The van der Waals surface area contributed by atoms with Gasteiger partial charge in [0.1, 0.15) is 0 Å². The first-order valence-corrected chi connectivity index (χ1v) is 20.7. The van der Waals surface area contributed by atoms with Gasteiger partial charge in [-0.3, -0.25) is 0 Å². The molecule has 0 atom stereocenters.